The van der Waals surface area contributed by atoms with Crippen molar-refractivity contribution in [2.75, 3.05) is 6.61 Å². The van der Waals surface area contributed by atoms with Crippen molar-refractivity contribution >= 4 is 6.03 Å². The predicted octanol–water partition coefficient (Wildman–Crippen LogP) is 1.63. The van der Waals surface area contributed by atoms with E-state index in [1.54, 1.807) is 0 Å². The molecule has 0 radical (unpaired) electrons. The number of urea groups is 1. The monoisotopic (exact) mass is 264 g/mol. The third-order valence-corrected chi connectivity index (χ3v) is 3.31. The lowest BCUT2D eigenvalue weighted by Crippen LogP contribution is -2.40. The van der Waals surface area contributed by atoms with E-state index in [4.69, 9.17) is 9.52 Å². The fourth-order valence-corrected chi connectivity index (χ4v) is 2.27. The second-order valence-corrected chi connectivity index (χ2v) is 4.94. The van der Waals surface area contributed by atoms with Gasteiger partial charge in [0.1, 0.15) is 11.5 Å². The second kappa shape index (κ2) is 5.93. The van der Waals surface area contributed by atoms with Crippen molar-refractivity contribution in [2.24, 2.45) is 5.92 Å². The fourth-order valence-electron chi connectivity index (χ4n) is 2.27. The van der Waals surface area contributed by atoms with Gasteiger partial charge in [-0.25, -0.2) is 4.79 Å². The first-order chi connectivity index (χ1) is 9.08. The van der Waals surface area contributed by atoms with E-state index in [2.05, 4.69) is 10.6 Å². The summed E-state index contributed by atoms with van der Waals surface area (Å²) in [4.78, 5) is 11.7. The minimum atomic E-state index is -0.202. The summed E-state index contributed by atoms with van der Waals surface area (Å²) in [6.07, 6.45) is 4.62. The van der Waals surface area contributed by atoms with Gasteiger partial charge in [0, 0.05) is 30.7 Å². The van der Waals surface area contributed by atoms with Gasteiger partial charge in [-0.05, 0) is 26.3 Å². The lowest BCUT2D eigenvalue weighted by atomic mass is 10.1. The van der Waals surface area contributed by atoms with Gasteiger partial charge in [-0.2, -0.15) is 0 Å². The molecular weight excluding hydrogens is 244 g/mol. The van der Waals surface area contributed by atoms with E-state index in [0.29, 0.717) is 6.54 Å². The molecule has 3 N–H and O–H groups in total. The summed E-state index contributed by atoms with van der Waals surface area (Å²) >= 11 is 0. The molecule has 0 spiro atoms. The van der Waals surface area contributed by atoms with E-state index in [1.165, 1.54) is 0 Å². The minimum absolute atomic E-state index is 0.00401. The van der Waals surface area contributed by atoms with Crippen LogP contribution in [0.25, 0.3) is 0 Å². The SMILES string of the molecule is Cc1cc(CNC(=O)N[C@@H]2C=C[C@H](CO)C2)c(C)o1. The Morgan fingerprint density at radius 3 is 2.84 bits per heavy atom. The second-order valence-electron chi connectivity index (χ2n) is 4.94. The summed E-state index contributed by atoms with van der Waals surface area (Å²) in [6, 6.07) is 1.73. The number of aliphatic hydroxyl groups excluding tert-OH is 1. The molecule has 0 saturated carbocycles. The van der Waals surface area contributed by atoms with Gasteiger partial charge in [0.2, 0.25) is 0 Å². The molecule has 19 heavy (non-hydrogen) atoms. The molecule has 0 bridgehead atoms. The zero-order chi connectivity index (χ0) is 13.8. The maximum atomic E-state index is 11.7. The molecule has 5 heteroatoms. The summed E-state index contributed by atoms with van der Waals surface area (Å²) in [5.41, 5.74) is 0.989. The summed E-state index contributed by atoms with van der Waals surface area (Å²) in [5.74, 6) is 1.84. The number of aliphatic hydroxyl groups is 1. The predicted molar refractivity (Wildman–Crippen MR) is 71.7 cm³/mol. The number of carbonyl (C=O) groups excluding carboxylic acids is 1. The highest BCUT2D eigenvalue weighted by Gasteiger charge is 2.19. The number of hydrogen-bond donors (Lipinski definition) is 3. The van der Waals surface area contributed by atoms with E-state index in [0.717, 1.165) is 23.5 Å². The van der Waals surface area contributed by atoms with Crippen LogP contribution in [0.3, 0.4) is 0 Å². The van der Waals surface area contributed by atoms with Gasteiger partial charge in [0.15, 0.2) is 0 Å². The van der Waals surface area contributed by atoms with E-state index in [-0.39, 0.29) is 24.6 Å². The van der Waals surface area contributed by atoms with Crippen molar-refractivity contribution in [3.05, 3.63) is 35.3 Å². The lowest BCUT2D eigenvalue weighted by molar-refractivity contribution is 0.231. The molecule has 1 aromatic rings. The van der Waals surface area contributed by atoms with Crippen LogP contribution in [0, 0.1) is 19.8 Å². The highest BCUT2D eigenvalue weighted by atomic mass is 16.3. The van der Waals surface area contributed by atoms with Gasteiger partial charge in [-0.1, -0.05) is 12.2 Å². The van der Waals surface area contributed by atoms with Crippen LogP contribution >= 0.6 is 0 Å². The van der Waals surface area contributed by atoms with Crippen molar-refractivity contribution in [2.45, 2.75) is 32.9 Å². The van der Waals surface area contributed by atoms with Crippen LogP contribution in [-0.4, -0.2) is 23.8 Å². The molecule has 0 saturated heterocycles. The van der Waals surface area contributed by atoms with E-state index in [1.807, 2.05) is 32.1 Å². The Kier molecular flexibility index (Phi) is 4.27. The first-order valence-corrected chi connectivity index (χ1v) is 6.48. The molecule has 2 atom stereocenters. The van der Waals surface area contributed by atoms with Crippen LogP contribution in [0.2, 0.25) is 0 Å². The molecule has 0 aliphatic heterocycles. The van der Waals surface area contributed by atoms with Crippen molar-refractivity contribution in [3.63, 3.8) is 0 Å². The average Bonchev–Trinajstić information content (AvgIpc) is 2.93. The Hall–Kier alpha value is -1.75. The van der Waals surface area contributed by atoms with Crippen molar-refractivity contribution in [3.8, 4) is 0 Å². The molecular formula is C14H20N2O3. The molecule has 1 aliphatic rings. The molecule has 1 heterocycles. The maximum absolute atomic E-state index is 11.7. The van der Waals surface area contributed by atoms with Gasteiger partial charge < -0.3 is 20.2 Å². The smallest absolute Gasteiger partial charge is 0.315 e. The first-order valence-electron chi connectivity index (χ1n) is 6.48. The van der Waals surface area contributed by atoms with Gasteiger partial charge in [-0.15, -0.1) is 0 Å². The standard InChI is InChI=1S/C14H20N2O3/c1-9-5-12(10(2)19-9)7-15-14(18)16-13-4-3-11(6-13)8-17/h3-5,11,13,17H,6-8H2,1-2H3,(H2,15,16,18)/t11-,13+/m0/s1. The Morgan fingerprint density at radius 2 is 2.26 bits per heavy atom. The van der Waals surface area contributed by atoms with E-state index < -0.39 is 0 Å². The Labute approximate surface area is 112 Å². The number of furan rings is 1. The van der Waals surface area contributed by atoms with Crippen molar-refractivity contribution in [1.29, 1.82) is 0 Å². The molecule has 2 amide bonds. The molecule has 0 unspecified atom stereocenters. The van der Waals surface area contributed by atoms with Crippen LogP contribution < -0.4 is 10.6 Å². The topological polar surface area (TPSA) is 74.5 Å². The van der Waals surface area contributed by atoms with E-state index >= 15 is 0 Å². The first kappa shape index (κ1) is 13.7. The van der Waals surface area contributed by atoms with Gasteiger partial charge >= 0.3 is 6.03 Å². The van der Waals surface area contributed by atoms with Gasteiger partial charge in [0.25, 0.3) is 0 Å². The van der Waals surface area contributed by atoms with Crippen LogP contribution in [0.1, 0.15) is 23.5 Å². The molecule has 0 fully saturated rings. The highest BCUT2D eigenvalue weighted by molar-refractivity contribution is 5.74. The van der Waals surface area contributed by atoms with Gasteiger partial charge in [0.05, 0.1) is 0 Å². The van der Waals surface area contributed by atoms with E-state index in [9.17, 15) is 4.79 Å². The van der Waals surface area contributed by atoms with Crippen LogP contribution in [0.4, 0.5) is 4.79 Å². The molecule has 5 nitrogen and oxygen atoms in total. The number of hydrogen-bond acceptors (Lipinski definition) is 3. The number of carbonyl (C=O) groups is 1. The maximum Gasteiger partial charge on any atom is 0.315 e. The fraction of sp³-hybridized carbons (Fsp3) is 0.500. The summed E-state index contributed by atoms with van der Waals surface area (Å²) in [5, 5.41) is 14.7. The number of rotatable bonds is 4. The van der Waals surface area contributed by atoms with Crippen molar-refractivity contribution in [1.82, 2.24) is 10.6 Å². The summed E-state index contributed by atoms with van der Waals surface area (Å²) in [7, 11) is 0. The van der Waals surface area contributed by atoms with Gasteiger partial charge in [-0.3, -0.25) is 0 Å². The molecule has 2 rings (SSSR count). The number of aryl methyl sites for hydroxylation is 2. The zero-order valence-corrected chi connectivity index (χ0v) is 11.3. The van der Waals surface area contributed by atoms with Crippen LogP contribution in [0.5, 0.6) is 0 Å². The number of nitrogens with one attached hydrogen (secondary N) is 2. The molecule has 104 valence electrons. The third kappa shape index (κ3) is 3.61. The Balaban J connectivity index is 1.76. The number of amides is 2. The highest BCUT2D eigenvalue weighted by Crippen LogP contribution is 2.17. The average molecular weight is 264 g/mol. The quantitative estimate of drug-likeness (QED) is 0.724. The van der Waals surface area contributed by atoms with Crippen LogP contribution in [0.15, 0.2) is 22.6 Å². The molecule has 1 aliphatic carbocycles. The summed E-state index contributed by atoms with van der Waals surface area (Å²) < 4.78 is 5.40. The summed E-state index contributed by atoms with van der Waals surface area (Å²) in [6.45, 7) is 4.35. The molecule has 0 aromatic carbocycles. The van der Waals surface area contributed by atoms with Crippen LogP contribution in [-0.2, 0) is 6.54 Å². The minimum Gasteiger partial charge on any atom is -0.466 e. The lowest BCUT2D eigenvalue weighted by Gasteiger charge is -2.13. The third-order valence-electron chi connectivity index (χ3n) is 3.31. The zero-order valence-electron chi connectivity index (χ0n) is 11.3. The normalized spacial score (nSPS) is 21.6. The largest absolute Gasteiger partial charge is 0.466 e. The Bertz CT molecular complexity index is 479. The Morgan fingerprint density at radius 1 is 1.47 bits per heavy atom. The van der Waals surface area contributed by atoms with Crippen molar-refractivity contribution < 1.29 is 14.3 Å². The molecule has 1 aromatic heterocycles.